The Morgan fingerprint density at radius 2 is 2.40 bits per heavy atom. The molecule has 0 spiro atoms. The molecule has 80 valence electrons. The molecule has 1 heterocycles. The summed E-state index contributed by atoms with van der Waals surface area (Å²) in [6.45, 7) is 0. The molecule has 4 N–H and O–H groups in total. The molecular formula is C8H11ClN6. The lowest BCUT2D eigenvalue weighted by Gasteiger charge is -2.12. The number of anilines is 1. The van der Waals surface area contributed by atoms with Gasteiger partial charge < -0.3 is 5.73 Å². The van der Waals surface area contributed by atoms with E-state index in [0.29, 0.717) is 16.4 Å². The lowest BCUT2D eigenvalue weighted by molar-refractivity contribution is 0.476. The van der Waals surface area contributed by atoms with Gasteiger partial charge in [-0.25, -0.2) is 5.01 Å². The number of hydrogen-bond acceptors (Lipinski definition) is 5. The molecule has 0 unspecified atom stereocenters. The second kappa shape index (κ2) is 4.70. The SMILES string of the molecule is CN(N=N)C(=N)Cc1ncc(Cl)cc1N. The van der Waals surface area contributed by atoms with E-state index in [9.17, 15) is 0 Å². The van der Waals surface area contributed by atoms with Gasteiger partial charge in [-0.1, -0.05) is 16.8 Å². The average molecular weight is 227 g/mol. The summed E-state index contributed by atoms with van der Waals surface area (Å²) in [6.07, 6.45) is 1.69. The largest absolute Gasteiger partial charge is 0.397 e. The van der Waals surface area contributed by atoms with E-state index in [0.717, 1.165) is 5.01 Å². The third-order valence-electron chi connectivity index (χ3n) is 1.85. The first-order valence-corrected chi connectivity index (χ1v) is 4.50. The van der Waals surface area contributed by atoms with Crippen LogP contribution in [0.4, 0.5) is 5.69 Å². The third kappa shape index (κ3) is 2.88. The summed E-state index contributed by atoms with van der Waals surface area (Å²) < 4.78 is 0. The Labute approximate surface area is 92.0 Å². The van der Waals surface area contributed by atoms with E-state index in [-0.39, 0.29) is 12.3 Å². The minimum atomic E-state index is 0.145. The molecule has 1 aromatic rings. The summed E-state index contributed by atoms with van der Waals surface area (Å²) in [7, 11) is 1.52. The lowest BCUT2D eigenvalue weighted by Crippen LogP contribution is -2.22. The van der Waals surface area contributed by atoms with Crippen molar-refractivity contribution >= 4 is 23.1 Å². The molecule has 15 heavy (non-hydrogen) atoms. The van der Waals surface area contributed by atoms with Crippen LogP contribution in [0.5, 0.6) is 0 Å². The van der Waals surface area contributed by atoms with Crippen LogP contribution in [-0.4, -0.2) is 22.9 Å². The lowest BCUT2D eigenvalue weighted by atomic mass is 10.2. The van der Waals surface area contributed by atoms with Crippen molar-refractivity contribution in [3.05, 3.63) is 23.0 Å². The summed E-state index contributed by atoms with van der Waals surface area (Å²) in [4.78, 5) is 4.01. The van der Waals surface area contributed by atoms with Gasteiger partial charge in [0.05, 0.1) is 22.8 Å². The van der Waals surface area contributed by atoms with Gasteiger partial charge in [-0.15, -0.1) is 0 Å². The number of hydrogen-bond donors (Lipinski definition) is 3. The number of halogens is 1. The number of likely N-dealkylation sites (N-methyl/N-ethyl adjacent to an activating group) is 1. The number of pyridine rings is 1. The number of nitrogens with one attached hydrogen (secondary N) is 2. The van der Waals surface area contributed by atoms with Crippen molar-refractivity contribution < 1.29 is 0 Å². The van der Waals surface area contributed by atoms with Crippen molar-refractivity contribution in [3.63, 3.8) is 0 Å². The van der Waals surface area contributed by atoms with Crippen molar-refractivity contribution in [2.24, 2.45) is 5.22 Å². The number of rotatable bonds is 3. The molecule has 0 aliphatic carbocycles. The van der Waals surface area contributed by atoms with Gasteiger partial charge in [0.15, 0.2) is 0 Å². The average Bonchev–Trinajstić information content (AvgIpc) is 2.20. The molecule has 0 aliphatic rings. The molecule has 1 aromatic heterocycles. The Balaban J connectivity index is 2.81. The zero-order chi connectivity index (χ0) is 11.4. The van der Waals surface area contributed by atoms with Gasteiger partial charge in [0.1, 0.15) is 5.84 Å². The second-order valence-corrected chi connectivity index (χ2v) is 3.37. The first-order chi connectivity index (χ1) is 7.04. The first kappa shape index (κ1) is 11.4. The molecule has 1 rings (SSSR count). The third-order valence-corrected chi connectivity index (χ3v) is 2.05. The molecule has 0 fully saturated rings. The van der Waals surface area contributed by atoms with E-state index in [4.69, 9.17) is 28.3 Å². The van der Waals surface area contributed by atoms with Crippen molar-refractivity contribution in [3.8, 4) is 0 Å². The highest BCUT2D eigenvalue weighted by atomic mass is 35.5. The highest BCUT2D eigenvalue weighted by Crippen LogP contribution is 2.15. The van der Waals surface area contributed by atoms with Crippen LogP contribution in [0, 0.1) is 10.9 Å². The Morgan fingerprint density at radius 1 is 1.73 bits per heavy atom. The van der Waals surface area contributed by atoms with Crippen LogP contribution in [0.15, 0.2) is 17.5 Å². The Bertz CT molecular complexity index is 391. The zero-order valence-corrected chi connectivity index (χ0v) is 8.91. The van der Waals surface area contributed by atoms with Crippen LogP contribution in [0.2, 0.25) is 5.02 Å². The highest BCUT2D eigenvalue weighted by molar-refractivity contribution is 6.30. The number of nitrogens with two attached hydrogens (primary N) is 1. The molecule has 0 atom stereocenters. The predicted octanol–water partition coefficient (Wildman–Crippen LogP) is 1.71. The summed E-state index contributed by atoms with van der Waals surface area (Å²) in [5.74, 6) is 0.145. The van der Waals surface area contributed by atoms with E-state index in [2.05, 4.69) is 10.2 Å². The summed E-state index contributed by atoms with van der Waals surface area (Å²) >= 11 is 5.69. The van der Waals surface area contributed by atoms with Gasteiger partial charge in [-0.05, 0) is 6.07 Å². The standard InChI is InChI=1S/C8H11ClN6/c1-15(14-12)8(11)3-7-6(10)2-5(9)4-13-7/h2,4,11-12H,3,10H2,1H3. The Kier molecular flexibility index (Phi) is 3.56. The highest BCUT2D eigenvalue weighted by Gasteiger charge is 2.08. The van der Waals surface area contributed by atoms with Crippen LogP contribution >= 0.6 is 11.6 Å². The smallest absolute Gasteiger partial charge is 0.124 e. The maximum absolute atomic E-state index is 7.57. The number of nitrogen functional groups attached to an aromatic ring is 1. The Morgan fingerprint density at radius 3 is 2.93 bits per heavy atom. The predicted molar refractivity (Wildman–Crippen MR) is 58.0 cm³/mol. The molecular weight excluding hydrogens is 216 g/mol. The molecule has 0 amide bonds. The fraction of sp³-hybridized carbons (Fsp3) is 0.250. The van der Waals surface area contributed by atoms with Gasteiger partial charge in [-0.2, -0.15) is 5.53 Å². The Hall–Kier alpha value is -1.69. The molecule has 0 saturated heterocycles. The molecule has 0 radical (unpaired) electrons. The van der Waals surface area contributed by atoms with Gasteiger partial charge in [0.2, 0.25) is 0 Å². The van der Waals surface area contributed by atoms with Gasteiger partial charge in [0.25, 0.3) is 0 Å². The summed E-state index contributed by atoms with van der Waals surface area (Å²) in [5.41, 5.74) is 13.4. The first-order valence-electron chi connectivity index (χ1n) is 4.13. The minimum absolute atomic E-state index is 0.145. The van der Waals surface area contributed by atoms with Crippen LogP contribution < -0.4 is 5.73 Å². The maximum Gasteiger partial charge on any atom is 0.124 e. The molecule has 0 aromatic carbocycles. The van der Waals surface area contributed by atoms with Gasteiger partial charge in [-0.3, -0.25) is 10.4 Å². The van der Waals surface area contributed by atoms with E-state index in [1.807, 2.05) is 0 Å². The normalized spacial score (nSPS) is 9.73. The van der Waals surface area contributed by atoms with E-state index >= 15 is 0 Å². The fourth-order valence-corrected chi connectivity index (χ4v) is 1.13. The fourth-order valence-electron chi connectivity index (χ4n) is 0.964. The van der Waals surface area contributed by atoms with E-state index in [1.165, 1.54) is 13.2 Å². The van der Waals surface area contributed by atoms with Gasteiger partial charge >= 0.3 is 0 Å². The van der Waals surface area contributed by atoms with Crippen molar-refractivity contribution in [2.45, 2.75) is 6.42 Å². The van der Waals surface area contributed by atoms with Crippen LogP contribution in [0.25, 0.3) is 0 Å². The summed E-state index contributed by atoms with van der Waals surface area (Å²) in [6, 6.07) is 1.58. The van der Waals surface area contributed by atoms with E-state index < -0.39 is 0 Å². The van der Waals surface area contributed by atoms with E-state index in [1.54, 1.807) is 6.07 Å². The molecule has 0 bridgehead atoms. The second-order valence-electron chi connectivity index (χ2n) is 2.94. The van der Waals surface area contributed by atoms with Crippen molar-refractivity contribution in [1.82, 2.24) is 9.99 Å². The number of aromatic nitrogens is 1. The monoisotopic (exact) mass is 226 g/mol. The van der Waals surface area contributed by atoms with Crippen LogP contribution in [-0.2, 0) is 6.42 Å². The number of amidine groups is 1. The molecule has 0 aliphatic heterocycles. The topological polar surface area (TPSA) is 102 Å². The molecule has 7 heteroatoms. The van der Waals surface area contributed by atoms with Gasteiger partial charge in [0, 0.05) is 13.2 Å². The van der Waals surface area contributed by atoms with Crippen LogP contribution in [0.1, 0.15) is 5.69 Å². The molecule has 6 nitrogen and oxygen atoms in total. The zero-order valence-electron chi connectivity index (χ0n) is 8.16. The van der Waals surface area contributed by atoms with Crippen LogP contribution in [0.3, 0.4) is 0 Å². The number of nitrogens with zero attached hydrogens (tertiary/aromatic N) is 3. The minimum Gasteiger partial charge on any atom is -0.397 e. The molecule has 0 saturated carbocycles. The quantitative estimate of drug-likeness (QED) is 0.316. The maximum atomic E-state index is 7.57. The summed E-state index contributed by atoms with van der Waals surface area (Å²) in [5, 5.41) is 12.3. The van der Waals surface area contributed by atoms with Crippen molar-refractivity contribution in [2.75, 3.05) is 12.8 Å². The van der Waals surface area contributed by atoms with Crippen molar-refractivity contribution in [1.29, 1.82) is 10.9 Å².